The molecule has 1 rings (SSSR count). The van der Waals surface area contributed by atoms with Crippen LogP contribution < -0.4 is 0 Å². The van der Waals surface area contributed by atoms with Crippen LogP contribution in [0.5, 0.6) is 0 Å². The first-order valence-corrected chi connectivity index (χ1v) is 7.59. The maximum absolute atomic E-state index is 12.1. The minimum Gasteiger partial charge on any atom is -0.304 e. The first-order valence-electron chi connectivity index (χ1n) is 5.98. The van der Waals surface area contributed by atoms with Crippen molar-refractivity contribution < 1.29 is 13.2 Å². The summed E-state index contributed by atoms with van der Waals surface area (Å²) in [7, 11) is -1.31. The van der Waals surface area contributed by atoms with Crippen LogP contribution in [-0.4, -0.2) is 62.9 Å². The fourth-order valence-electron chi connectivity index (χ4n) is 1.80. The number of carbonyl (C=O) groups is 1. The van der Waals surface area contributed by atoms with Gasteiger partial charge >= 0.3 is 0 Å². The van der Waals surface area contributed by atoms with Crippen molar-refractivity contribution in [3.63, 3.8) is 0 Å². The Morgan fingerprint density at radius 2 is 1.71 bits per heavy atom. The highest BCUT2D eigenvalue weighted by molar-refractivity contribution is 7.89. The molecule has 0 spiro atoms. The van der Waals surface area contributed by atoms with Crippen LogP contribution >= 0.6 is 0 Å². The molecule has 1 atom stereocenters. The summed E-state index contributed by atoms with van der Waals surface area (Å²) in [6.07, 6.45) is 0.762. The molecule has 0 radical (unpaired) electrons. The Morgan fingerprint density at radius 1 is 1.18 bits per heavy atom. The van der Waals surface area contributed by atoms with E-state index >= 15 is 0 Å². The summed E-state index contributed by atoms with van der Waals surface area (Å²) in [4.78, 5) is 13.0. The summed E-state index contributed by atoms with van der Waals surface area (Å²) in [6, 6.07) is 0. The second-order valence-corrected chi connectivity index (χ2v) is 7.04. The average Bonchev–Trinajstić information content (AvgIpc) is 2.26. The maximum atomic E-state index is 12.1. The van der Waals surface area contributed by atoms with Gasteiger partial charge in [-0.15, -0.1) is 0 Å². The number of sulfonamides is 1. The van der Waals surface area contributed by atoms with Crippen LogP contribution in [-0.2, 0) is 14.8 Å². The molecule has 1 aliphatic rings. The monoisotopic (exact) mass is 262 g/mol. The van der Waals surface area contributed by atoms with Gasteiger partial charge in [0.1, 0.15) is 6.29 Å². The van der Waals surface area contributed by atoms with Gasteiger partial charge in [-0.1, -0.05) is 13.8 Å². The molecular weight excluding hydrogens is 240 g/mol. The van der Waals surface area contributed by atoms with E-state index < -0.39 is 15.9 Å². The Balaban J connectivity index is 2.65. The van der Waals surface area contributed by atoms with Gasteiger partial charge < -0.3 is 9.69 Å². The molecule has 17 heavy (non-hydrogen) atoms. The van der Waals surface area contributed by atoms with Crippen molar-refractivity contribution in [1.29, 1.82) is 0 Å². The average molecular weight is 262 g/mol. The minimum atomic E-state index is -3.29. The topological polar surface area (TPSA) is 57.7 Å². The zero-order chi connectivity index (χ0) is 13.1. The van der Waals surface area contributed by atoms with Gasteiger partial charge in [0.25, 0.3) is 0 Å². The van der Waals surface area contributed by atoms with Crippen LogP contribution in [0, 0.1) is 11.8 Å². The number of likely N-dealkylation sites (N-methyl/N-ethyl adjacent to an activating group) is 1. The molecule has 0 aromatic rings. The smallest absolute Gasteiger partial charge is 0.214 e. The molecule has 1 heterocycles. The minimum absolute atomic E-state index is 0.0577. The van der Waals surface area contributed by atoms with Gasteiger partial charge in [-0.05, 0) is 13.0 Å². The number of rotatable bonds is 5. The first-order chi connectivity index (χ1) is 7.86. The van der Waals surface area contributed by atoms with E-state index in [9.17, 15) is 13.2 Å². The van der Waals surface area contributed by atoms with Gasteiger partial charge in [-0.25, -0.2) is 8.42 Å². The van der Waals surface area contributed by atoms with E-state index in [1.54, 1.807) is 0 Å². The molecule has 1 fully saturated rings. The van der Waals surface area contributed by atoms with Gasteiger partial charge in [-0.3, -0.25) is 0 Å². The van der Waals surface area contributed by atoms with Gasteiger partial charge in [0.2, 0.25) is 10.0 Å². The Kier molecular flexibility index (Phi) is 5.09. The number of nitrogens with zero attached hydrogens (tertiary/aromatic N) is 2. The number of carbonyl (C=O) groups excluding carboxylic acids is 1. The third-order valence-electron chi connectivity index (χ3n) is 3.29. The van der Waals surface area contributed by atoms with Crippen molar-refractivity contribution >= 4 is 16.3 Å². The van der Waals surface area contributed by atoms with Crippen molar-refractivity contribution in [3.05, 3.63) is 0 Å². The molecule has 1 saturated heterocycles. The third kappa shape index (κ3) is 4.04. The maximum Gasteiger partial charge on any atom is 0.214 e. The fourth-order valence-corrected chi connectivity index (χ4v) is 3.68. The molecule has 0 aliphatic carbocycles. The zero-order valence-corrected chi connectivity index (χ0v) is 11.6. The van der Waals surface area contributed by atoms with Gasteiger partial charge in [-0.2, -0.15) is 4.31 Å². The largest absolute Gasteiger partial charge is 0.304 e. The molecule has 0 aromatic carbocycles. The van der Waals surface area contributed by atoms with E-state index in [0.29, 0.717) is 13.1 Å². The van der Waals surface area contributed by atoms with E-state index in [4.69, 9.17) is 0 Å². The standard InChI is InChI=1S/C11H22N2O3S/c1-10(2)11(8-14)9-17(15,16)13-6-4-12(3)5-7-13/h8,10-11H,4-7,9H2,1-3H3. The van der Waals surface area contributed by atoms with E-state index in [-0.39, 0.29) is 11.7 Å². The molecule has 0 amide bonds. The summed E-state index contributed by atoms with van der Waals surface area (Å²) in [5.41, 5.74) is 0. The highest BCUT2D eigenvalue weighted by Gasteiger charge is 2.29. The normalized spacial score (nSPS) is 21.6. The SMILES string of the molecule is CC(C)C(C=O)CS(=O)(=O)N1CCN(C)CC1. The van der Waals surface area contributed by atoms with Crippen LogP contribution in [0.1, 0.15) is 13.8 Å². The van der Waals surface area contributed by atoms with Crippen molar-refractivity contribution in [3.8, 4) is 0 Å². The highest BCUT2D eigenvalue weighted by atomic mass is 32.2. The van der Waals surface area contributed by atoms with Crippen molar-refractivity contribution in [1.82, 2.24) is 9.21 Å². The fraction of sp³-hybridized carbons (Fsp3) is 0.909. The van der Waals surface area contributed by atoms with Crippen LogP contribution in [0.3, 0.4) is 0 Å². The van der Waals surface area contributed by atoms with E-state index in [2.05, 4.69) is 4.90 Å². The van der Waals surface area contributed by atoms with Gasteiger partial charge in [0, 0.05) is 32.1 Å². The van der Waals surface area contributed by atoms with Crippen LogP contribution in [0.4, 0.5) is 0 Å². The predicted octanol–water partition coefficient (Wildman–Crippen LogP) is 0.0347. The zero-order valence-electron chi connectivity index (χ0n) is 10.8. The van der Waals surface area contributed by atoms with Crippen LogP contribution in [0.2, 0.25) is 0 Å². The summed E-state index contributed by atoms with van der Waals surface area (Å²) in [5.74, 6) is -0.396. The number of aldehydes is 1. The van der Waals surface area contributed by atoms with Crippen molar-refractivity contribution in [2.24, 2.45) is 11.8 Å². The molecule has 6 heteroatoms. The van der Waals surface area contributed by atoms with Gasteiger partial charge in [0.05, 0.1) is 5.75 Å². The lowest BCUT2D eigenvalue weighted by atomic mass is 10.0. The molecule has 0 aromatic heterocycles. The lowest BCUT2D eigenvalue weighted by molar-refractivity contribution is -0.111. The van der Waals surface area contributed by atoms with Crippen LogP contribution in [0.15, 0.2) is 0 Å². The second kappa shape index (κ2) is 5.93. The molecule has 0 bridgehead atoms. The second-order valence-electron chi connectivity index (χ2n) is 5.02. The summed E-state index contributed by atoms with van der Waals surface area (Å²) < 4.78 is 25.7. The number of hydrogen-bond acceptors (Lipinski definition) is 4. The Labute approximate surface area is 104 Å². The third-order valence-corrected chi connectivity index (χ3v) is 5.25. The number of piperazine rings is 1. The summed E-state index contributed by atoms with van der Waals surface area (Å²) >= 11 is 0. The molecule has 1 unspecified atom stereocenters. The lowest BCUT2D eigenvalue weighted by Gasteiger charge is -2.32. The van der Waals surface area contributed by atoms with E-state index in [1.165, 1.54) is 4.31 Å². The Morgan fingerprint density at radius 3 is 2.12 bits per heavy atom. The molecule has 100 valence electrons. The van der Waals surface area contributed by atoms with Crippen LogP contribution in [0.25, 0.3) is 0 Å². The molecule has 5 nitrogen and oxygen atoms in total. The van der Waals surface area contributed by atoms with E-state index in [1.807, 2.05) is 20.9 Å². The molecule has 0 saturated carbocycles. The summed E-state index contributed by atoms with van der Waals surface area (Å²) in [6.45, 7) is 6.32. The molecule has 0 N–H and O–H groups in total. The lowest BCUT2D eigenvalue weighted by Crippen LogP contribution is -2.48. The Hall–Kier alpha value is -0.460. The van der Waals surface area contributed by atoms with E-state index in [0.717, 1.165) is 19.4 Å². The highest BCUT2D eigenvalue weighted by Crippen LogP contribution is 2.15. The Bertz CT molecular complexity index is 346. The molecular formula is C11H22N2O3S. The van der Waals surface area contributed by atoms with Crippen molar-refractivity contribution in [2.75, 3.05) is 39.0 Å². The van der Waals surface area contributed by atoms with Gasteiger partial charge in [0.15, 0.2) is 0 Å². The predicted molar refractivity (Wildman–Crippen MR) is 67.2 cm³/mol. The first kappa shape index (κ1) is 14.6. The molecule has 1 aliphatic heterocycles. The number of hydrogen-bond donors (Lipinski definition) is 0. The quantitative estimate of drug-likeness (QED) is 0.656. The summed E-state index contributed by atoms with van der Waals surface area (Å²) in [5, 5.41) is 0. The van der Waals surface area contributed by atoms with Crippen molar-refractivity contribution in [2.45, 2.75) is 13.8 Å².